The molecule has 1 nitrogen and oxygen atoms in total. The summed E-state index contributed by atoms with van der Waals surface area (Å²) in [5.41, 5.74) is 1.61. The third-order valence-electron chi connectivity index (χ3n) is 2.88. The van der Waals surface area contributed by atoms with Gasteiger partial charge in [0.05, 0.1) is 0 Å². The third-order valence-corrected chi connectivity index (χ3v) is 3.12. The minimum atomic E-state index is -0.563. The van der Waals surface area contributed by atoms with Crippen LogP contribution in [0.4, 0.5) is 8.78 Å². The normalized spacial score (nSPS) is 12.4. The van der Waals surface area contributed by atoms with E-state index < -0.39 is 11.6 Å². The summed E-state index contributed by atoms with van der Waals surface area (Å²) in [5, 5.41) is 3.87. The molecule has 2 rings (SSSR count). The zero-order chi connectivity index (χ0) is 13.8. The van der Waals surface area contributed by atoms with Crippen molar-refractivity contribution < 1.29 is 8.78 Å². The van der Waals surface area contributed by atoms with Crippen LogP contribution in [-0.4, -0.2) is 0 Å². The molecule has 0 aliphatic carbocycles. The minimum absolute atomic E-state index is 0.0463. The van der Waals surface area contributed by atoms with Gasteiger partial charge in [0.2, 0.25) is 0 Å². The first kappa shape index (κ1) is 14.0. The lowest BCUT2D eigenvalue weighted by molar-refractivity contribution is 0.554. The highest BCUT2D eigenvalue weighted by Crippen LogP contribution is 2.18. The van der Waals surface area contributed by atoms with E-state index in [1.807, 2.05) is 25.1 Å². The fourth-order valence-corrected chi connectivity index (χ4v) is 2.08. The summed E-state index contributed by atoms with van der Waals surface area (Å²) in [6.07, 6.45) is 0. The summed E-state index contributed by atoms with van der Waals surface area (Å²) in [6.45, 7) is 2.36. The second kappa shape index (κ2) is 6.13. The lowest BCUT2D eigenvalue weighted by Crippen LogP contribution is -2.18. The van der Waals surface area contributed by atoms with Crippen molar-refractivity contribution in [3.8, 4) is 0 Å². The van der Waals surface area contributed by atoms with Crippen molar-refractivity contribution in [2.24, 2.45) is 0 Å². The number of rotatable bonds is 4. The summed E-state index contributed by atoms with van der Waals surface area (Å²) in [7, 11) is 0. The van der Waals surface area contributed by atoms with E-state index in [0.29, 0.717) is 17.1 Å². The Kier molecular flexibility index (Phi) is 4.51. The van der Waals surface area contributed by atoms with Crippen LogP contribution in [0.1, 0.15) is 24.1 Å². The molecular weight excluding hydrogens is 268 g/mol. The maximum atomic E-state index is 13.0. The monoisotopic (exact) mass is 281 g/mol. The topological polar surface area (TPSA) is 12.0 Å². The molecule has 0 aromatic heterocycles. The number of benzene rings is 2. The number of nitrogens with one attached hydrogen (secondary N) is 1. The maximum Gasteiger partial charge on any atom is 0.126 e. The van der Waals surface area contributed by atoms with Crippen LogP contribution in [-0.2, 0) is 6.54 Å². The molecular formula is C15H14ClF2N. The molecule has 0 fully saturated rings. The fourth-order valence-electron chi connectivity index (χ4n) is 1.88. The zero-order valence-electron chi connectivity index (χ0n) is 10.5. The van der Waals surface area contributed by atoms with Crippen LogP contribution in [0.5, 0.6) is 0 Å². The SMILES string of the molecule is C[C@H](NCc1cc(F)cc(F)c1)c1cccc(Cl)c1. The number of hydrogen-bond acceptors (Lipinski definition) is 1. The minimum Gasteiger partial charge on any atom is -0.306 e. The molecule has 0 heterocycles. The highest BCUT2D eigenvalue weighted by Gasteiger charge is 2.06. The predicted molar refractivity (Wildman–Crippen MR) is 73.1 cm³/mol. The van der Waals surface area contributed by atoms with Gasteiger partial charge in [-0.25, -0.2) is 8.78 Å². The second-order valence-corrected chi connectivity index (χ2v) is 4.87. The Morgan fingerprint density at radius 1 is 1.11 bits per heavy atom. The van der Waals surface area contributed by atoms with E-state index in [1.54, 1.807) is 6.07 Å². The van der Waals surface area contributed by atoms with E-state index >= 15 is 0 Å². The zero-order valence-corrected chi connectivity index (χ0v) is 11.2. The molecule has 0 saturated heterocycles. The molecule has 4 heteroatoms. The van der Waals surface area contributed by atoms with Gasteiger partial charge in [0, 0.05) is 23.7 Å². The van der Waals surface area contributed by atoms with Gasteiger partial charge < -0.3 is 5.32 Å². The second-order valence-electron chi connectivity index (χ2n) is 4.44. The van der Waals surface area contributed by atoms with Crippen LogP contribution < -0.4 is 5.32 Å². The van der Waals surface area contributed by atoms with E-state index in [0.717, 1.165) is 11.6 Å². The van der Waals surface area contributed by atoms with Gasteiger partial charge in [0.1, 0.15) is 11.6 Å². The van der Waals surface area contributed by atoms with Gasteiger partial charge in [0.15, 0.2) is 0 Å². The number of hydrogen-bond donors (Lipinski definition) is 1. The molecule has 1 atom stereocenters. The van der Waals surface area contributed by atoms with Crippen LogP contribution in [0.15, 0.2) is 42.5 Å². The fraction of sp³-hybridized carbons (Fsp3) is 0.200. The van der Waals surface area contributed by atoms with Crippen molar-refractivity contribution >= 4 is 11.6 Å². The van der Waals surface area contributed by atoms with Crippen molar-refractivity contribution in [3.05, 3.63) is 70.2 Å². The molecule has 19 heavy (non-hydrogen) atoms. The van der Waals surface area contributed by atoms with Gasteiger partial charge in [-0.05, 0) is 42.3 Å². The summed E-state index contributed by atoms with van der Waals surface area (Å²) in [6, 6.07) is 11.1. The summed E-state index contributed by atoms with van der Waals surface area (Å²) < 4.78 is 26.1. The number of halogens is 3. The van der Waals surface area contributed by atoms with Gasteiger partial charge in [0.25, 0.3) is 0 Å². The van der Waals surface area contributed by atoms with Crippen LogP contribution >= 0.6 is 11.6 Å². The first-order valence-corrected chi connectivity index (χ1v) is 6.36. The molecule has 0 amide bonds. The van der Waals surface area contributed by atoms with E-state index in [4.69, 9.17) is 11.6 Å². The molecule has 0 aliphatic heterocycles. The Hall–Kier alpha value is -1.45. The average molecular weight is 282 g/mol. The Bertz CT molecular complexity index is 552. The highest BCUT2D eigenvalue weighted by molar-refractivity contribution is 6.30. The summed E-state index contributed by atoms with van der Waals surface area (Å²) in [5.74, 6) is -1.13. The van der Waals surface area contributed by atoms with Crippen LogP contribution in [0, 0.1) is 11.6 Å². The molecule has 0 radical (unpaired) electrons. The largest absolute Gasteiger partial charge is 0.306 e. The Morgan fingerprint density at radius 3 is 2.42 bits per heavy atom. The van der Waals surface area contributed by atoms with Crippen molar-refractivity contribution in [2.45, 2.75) is 19.5 Å². The van der Waals surface area contributed by atoms with Crippen LogP contribution in [0.3, 0.4) is 0 Å². The first-order valence-electron chi connectivity index (χ1n) is 5.98. The Morgan fingerprint density at radius 2 is 1.79 bits per heavy atom. The molecule has 1 N–H and O–H groups in total. The Labute approximate surface area is 116 Å². The van der Waals surface area contributed by atoms with Crippen LogP contribution in [0.2, 0.25) is 5.02 Å². The van der Waals surface area contributed by atoms with E-state index in [2.05, 4.69) is 5.32 Å². The molecule has 0 saturated carbocycles. The van der Waals surface area contributed by atoms with Crippen molar-refractivity contribution in [1.29, 1.82) is 0 Å². The third kappa shape index (κ3) is 4.01. The van der Waals surface area contributed by atoms with E-state index in [1.165, 1.54) is 12.1 Å². The molecule has 2 aromatic rings. The molecule has 0 unspecified atom stereocenters. The van der Waals surface area contributed by atoms with E-state index in [-0.39, 0.29) is 6.04 Å². The lowest BCUT2D eigenvalue weighted by atomic mass is 10.1. The van der Waals surface area contributed by atoms with Gasteiger partial charge in [-0.3, -0.25) is 0 Å². The molecule has 0 bridgehead atoms. The molecule has 0 spiro atoms. The van der Waals surface area contributed by atoms with Crippen molar-refractivity contribution in [2.75, 3.05) is 0 Å². The lowest BCUT2D eigenvalue weighted by Gasteiger charge is -2.14. The first-order chi connectivity index (χ1) is 9.04. The van der Waals surface area contributed by atoms with Crippen LogP contribution in [0.25, 0.3) is 0 Å². The molecule has 0 aliphatic rings. The highest BCUT2D eigenvalue weighted by atomic mass is 35.5. The van der Waals surface area contributed by atoms with Gasteiger partial charge in [-0.15, -0.1) is 0 Å². The molecule has 100 valence electrons. The standard InChI is InChI=1S/C15H14ClF2N/c1-10(12-3-2-4-13(16)7-12)19-9-11-5-14(17)8-15(18)6-11/h2-8,10,19H,9H2,1H3/t10-/m0/s1. The van der Waals surface area contributed by atoms with E-state index in [9.17, 15) is 8.78 Å². The van der Waals surface area contributed by atoms with Crippen molar-refractivity contribution in [1.82, 2.24) is 5.32 Å². The Balaban J connectivity index is 2.02. The van der Waals surface area contributed by atoms with Gasteiger partial charge in [-0.1, -0.05) is 23.7 Å². The van der Waals surface area contributed by atoms with Gasteiger partial charge >= 0.3 is 0 Å². The van der Waals surface area contributed by atoms with Gasteiger partial charge in [-0.2, -0.15) is 0 Å². The molecule has 2 aromatic carbocycles. The maximum absolute atomic E-state index is 13.0. The summed E-state index contributed by atoms with van der Waals surface area (Å²) in [4.78, 5) is 0. The van der Waals surface area contributed by atoms with Crippen molar-refractivity contribution in [3.63, 3.8) is 0 Å². The predicted octanol–water partition coefficient (Wildman–Crippen LogP) is 4.47. The average Bonchev–Trinajstić information content (AvgIpc) is 2.35. The summed E-state index contributed by atoms with van der Waals surface area (Å²) >= 11 is 5.92. The quantitative estimate of drug-likeness (QED) is 0.872. The smallest absolute Gasteiger partial charge is 0.126 e.